The Morgan fingerprint density at radius 1 is 1.23 bits per heavy atom. The Morgan fingerprint density at radius 3 is 2.73 bits per heavy atom. The molecule has 5 heteroatoms. The maximum absolute atomic E-state index is 13.0. The molecule has 1 heterocycles. The molecule has 0 radical (unpaired) electrons. The zero-order valence-corrected chi connectivity index (χ0v) is 13.0. The summed E-state index contributed by atoms with van der Waals surface area (Å²) in [5, 5.41) is 11.3. The van der Waals surface area contributed by atoms with Gasteiger partial charge < -0.3 is 4.90 Å². The van der Waals surface area contributed by atoms with E-state index in [4.69, 9.17) is 0 Å². The molecule has 0 spiro atoms. The predicted octanol–water partition coefficient (Wildman–Crippen LogP) is 3.70. The molecule has 1 saturated carbocycles. The zero-order chi connectivity index (χ0) is 15.7. The number of carbonyl (C=O) groups excluding carboxylic acids is 1. The molecule has 22 heavy (non-hydrogen) atoms. The van der Waals surface area contributed by atoms with Crippen LogP contribution in [0.2, 0.25) is 0 Å². The van der Waals surface area contributed by atoms with E-state index < -0.39 is 4.92 Å². The van der Waals surface area contributed by atoms with E-state index in [-0.39, 0.29) is 23.2 Å². The van der Waals surface area contributed by atoms with Gasteiger partial charge in [-0.3, -0.25) is 14.9 Å². The summed E-state index contributed by atoms with van der Waals surface area (Å²) in [5.74, 6) is 0.419. The minimum Gasteiger partial charge on any atom is -0.335 e. The number of fused-ring (bicyclic) bond motifs is 1. The van der Waals surface area contributed by atoms with Gasteiger partial charge in [-0.25, -0.2) is 0 Å². The van der Waals surface area contributed by atoms with Crippen molar-refractivity contribution in [2.45, 2.75) is 51.5 Å². The van der Waals surface area contributed by atoms with Crippen LogP contribution in [0.1, 0.15) is 54.4 Å². The molecule has 1 aromatic carbocycles. The van der Waals surface area contributed by atoms with Crippen LogP contribution in [0.5, 0.6) is 0 Å². The molecule has 0 aromatic heterocycles. The zero-order valence-electron chi connectivity index (χ0n) is 13.0. The van der Waals surface area contributed by atoms with E-state index >= 15 is 0 Å². The van der Waals surface area contributed by atoms with Crippen molar-refractivity contribution in [1.29, 1.82) is 0 Å². The number of piperidine rings is 1. The van der Waals surface area contributed by atoms with Crippen LogP contribution in [0, 0.1) is 23.0 Å². The molecule has 2 atom stereocenters. The van der Waals surface area contributed by atoms with Gasteiger partial charge in [0.2, 0.25) is 0 Å². The van der Waals surface area contributed by atoms with Crippen molar-refractivity contribution in [3.8, 4) is 0 Å². The molecule has 1 aromatic rings. The highest BCUT2D eigenvalue weighted by atomic mass is 16.6. The van der Waals surface area contributed by atoms with E-state index in [1.54, 1.807) is 25.1 Å². The number of nitro benzene ring substituents is 1. The van der Waals surface area contributed by atoms with Gasteiger partial charge >= 0.3 is 0 Å². The maximum atomic E-state index is 13.0. The van der Waals surface area contributed by atoms with E-state index in [1.807, 2.05) is 4.90 Å². The van der Waals surface area contributed by atoms with Crippen LogP contribution in [0.4, 0.5) is 5.69 Å². The first-order valence-corrected chi connectivity index (χ1v) is 8.14. The molecular weight excluding hydrogens is 280 g/mol. The predicted molar refractivity (Wildman–Crippen MR) is 83.8 cm³/mol. The number of para-hydroxylation sites is 1. The van der Waals surface area contributed by atoms with Crippen LogP contribution >= 0.6 is 0 Å². The van der Waals surface area contributed by atoms with Crippen LogP contribution in [0.25, 0.3) is 0 Å². The first-order valence-electron chi connectivity index (χ1n) is 8.14. The lowest BCUT2D eigenvalue weighted by Gasteiger charge is -2.44. The molecule has 2 unspecified atom stereocenters. The third kappa shape index (κ3) is 2.60. The molecule has 5 nitrogen and oxygen atoms in total. The first kappa shape index (κ1) is 15.0. The van der Waals surface area contributed by atoms with Gasteiger partial charge in [-0.15, -0.1) is 0 Å². The molecule has 118 valence electrons. The number of hydrogen-bond acceptors (Lipinski definition) is 3. The number of rotatable bonds is 2. The van der Waals surface area contributed by atoms with Crippen molar-refractivity contribution in [3.05, 3.63) is 39.4 Å². The van der Waals surface area contributed by atoms with Crippen molar-refractivity contribution in [2.75, 3.05) is 6.54 Å². The third-order valence-corrected chi connectivity index (χ3v) is 5.15. The van der Waals surface area contributed by atoms with Gasteiger partial charge in [0.05, 0.1) is 4.92 Å². The molecular formula is C17H22N2O3. The number of carbonyl (C=O) groups is 1. The highest BCUT2D eigenvalue weighted by Crippen LogP contribution is 2.37. The largest absolute Gasteiger partial charge is 0.335 e. The Bertz CT molecular complexity index is 598. The highest BCUT2D eigenvalue weighted by molar-refractivity contribution is 5.99. The number of amides is 1. The van der Waals surface area contributed by atoms with E-state index in [0.717, 1.165) is 25.8 Å². The maximum Gasteiger partial charge on any atom is 0.285 e. The second kappa shape index (κ2) is 6.07. The summed E-state index contributed by atoms with van der Waals surface area (Å²) in [4.78, 5) is 25.8. The lowest BCUT2D eigenvalue weighted by atomic mass is 9.78. The lowest BCUT2D eigenvalue weighted by Crippen LogP contribution is -2.49. The average Bonchev–Trinajstić information content (AvgIpc) is 2.53. The molecule has 2 aliphatic rings. The average molecular weight is 302 g/mol. The summed E-state index contributed by atoms with van der Waals surface area (Å²) >= 11 is 0. The smallest absolute Gasteiger partial charge is 0.285 e. The van der Waals surface area contributed by atoms with E-state index in [1.165, 1.54) is 19.3 Å². The van der Waals surface area contributed by atoms with Crippen LogP contribution < -0.4 is 0 Å². The van der Waals surface area contributed by atoms with Gasteiger partial charge in [-0.2, -0.15) is 0 Å². The normalized spacial score (nSPS) is 24.7. The standard InChI is InChI=1S/C17H22N2O3/c1-12-6-4-9-14(16(12)19(21)22)17(20)18-11-5-8-13-7-2-3-10-15(13)18/h4,6,9,13,15H,2-3,5,7-8,10-11H2,1H3. The minimum atomic E-state index is -0.426. The summed E-state index contributed by atoms with van der Waals surface area (Å²) in [5.41, 5.74) is 0.759. The van der Waals surface area contributed by atoms with Crippen LogP contribution in [-0.4, -0.2) is 28.3 Å². The minimum absolute atomic E-state index is 0.0366. The molecule has 1 saturated heterocycles. The molecule has 2 fully saturated rings. The second-order valence-corrected chi connectivity index (χ2v) is 6.48. The number of aryl methyl sites for hydroxylation is 1. The molecule has 1 amide bonds. The van der Waals surface area contributed by atoms with Crippen LogP contribution in [0.3, 0.4) is 0 Å². The number of nitro groups is 1. The summed E-state index contributed by atoms with van der Waals surface area (Å²) in [7, 11) is 0. The fourth-order valence-corrected chi connectivity index (χ4v) is 4.11. The molecule has 0 N–H and O–H groups in total. The van der Waals surface area contributed by atoms with Gasteiger partial charge in [0.1, 0.15) is 5.56 Å². The van der Waals surface area contributed by atoms with Crippen molar-refractivity contribution >= 4 is 11.6 Å². The van der Waals surface area contributed by atoms with Crippen LogP contribution in [0.15, 0.2) is 18.2 Å². The number of likely N-dealkylation sites (tertiary alicyclic amines) is 1. The van der Waals surface area contributed by atoms with Crippen LogP contribution in [-0.2, 0) is 0 Å². The van der Waals surface area contributed by atoms with Gasteiger partial charge in [0.15, 0.2) is 0 Å². The highest BCUT2D eigenvalue weighted by Gasteiger charge is 2.37. The Morgan fingerprint density at radius 2 is 1.95 bits per heavy atom. The number of benzene rings is 1. The quantitative estimate of drug-likeness (QED) is 0.618. The third-order valence-electron chi connectivity index (χ3n) is 5.15. The summed E-state index contributed by atoms with van der Waals surface area (Å²) < 4.78 is 0. The SMILES string of the molecule is Cc1cccc(C(=O)N2CCCC3CCCCC32)c1[N+](=O)[O-]. The summed E-state index contributed by atoms with van der Waals surface area (Å²) in [6, 6.07) is 5.29. The Balaban J connectivity index is 1.93. The Hall–Kier alpha value is -1.91. The van der Waals surface area contributed by atoms with Crippen molar-refractivity contribution < 1.29 is 9.72 Å². The Labute approximate surface area is 130 Å². The topological polar surface area (TPSA) is 63.5 Å². The fourth-order valence-electron chi connectivity index (χ4n) is 4.11. The molecule has 1 aliphatic heterocycles. The Kier molecular flexibility index (Phi) is 4.14. The van der Waals surface area contributed by atoms with Gasteiger partial charge in [-0.05, 0) is 44.6 Å². The van der Waals surface area contributed by atoms with Gasteiger partial charge in [0.25, 0.3) is 11.6 Å². The van der Waals surface area contributed by atoms with E-state index in [9.17, 15) is 14.9 Å². The lowest BCUT2D eigenvalue weighted by molar-refractivity contribution is -0.385. The number of nitrogens with zero attached hydrogens (tertiary/aromatic N) is 2. The molecule has 1 aliphatic carbocycles. The van der Waals surface area contributed by atoms with Crippen molar-refractivity contribution in [2.24, 2.45) is 5.92 Å². The summed E-state index contributed by atoms with van der Waals surface area (Å²) in [6.07, 6.45) is 6.81. The van der Waals surface area contributed by atoms with E-state index in [2.05, 4.69) is 0 Å². The van der Waals surface area contributed by atoms with Gasteiger partial charge in [0, 0.05) is 18.2 Å². The summed E-state index contributed by atoms with van der Waals surface area (Å²) in [6.45, 7) is 2.42. The first-order chi connectivity index (χ1) is 10.6. The van der Waals surface area contributed by atoms with Crippen molar-refractivity contribution in [1.82, 2.24) is 4.90 Å². The molecule has 3 rings (SSSR count). The van der Waals surface area contributed by atoms with Gasteiger partial charge in [-0.1, -0.05) is 25.0 Å². The van der Waals surface area contributed by atoms with Crippen molar-refractivity contribution in [3.63, 3.8) is 0 Å². The fraction of sp³-hybridized carbons (Fsp3) is 0.588. The molecule has 0 bridgehead atoms. The second-order valence-electron chi connectivity index (χ2n) is 6.48. The van der Waals surface area contributed by atoms with E-state index in [0.29, 0.717) is 11.5 Å². The monoisotopic (exact) mass is 302 g/mol. The number of hydrogen-bond donors (Lipinski definition) is 0.